The molecule has 2 aliphatic rings. The van der Waals surface area contributed by atoms with Crippen LogP contribution in [-0.4, -0.2) is 44.1 Å². The van der Waals surface area contributed by atoms with E-state index >= 15 is 0 Å². The summed E-state index contributed by atoms with van der Waals surface area (Å²) in [5, 5.41) is 11.3. The van der Waals surface area contributed by atoms with Gasteiger partial charge in [-0.3, -0.25) is 4.79 Å². The van der Waals surface area contributed by atoms with Gasteiger partial charge in [0.15, 0.2) is 0 Å². The molecule has 0 unspecified atom stereocenters. The summed E-state index contributed by atoms with van der Waals surface area (Å²) in [6.45, 7) is 6.45. The van der Waals surface area contributed by atoms with E-state index in [1.165, 1.54) is 5.57 Å². The fourth-order valence-corrected chi connectivity index (χ4v) is 3.31. The number of carbonyl (C=O) groups is 1. The predicted molar refractivity (Wildman–Crippen MR) is 73.7 cm³/mol. The lowest BCUT2D eigenvalue weighted by Crippen LogP contribution is -2.30. The summed E-state index contributed by atoms with van der Waals surface area (Å²) >= 11 is 0. The fraction of sp³-hybridized carbons (Fsp3) is 0.714. The molecule has 0 radical (unpaired) electrons. The van der Waals surface area contributed by atoms with Crippen LogP contribution in [0.5, 0.6) is 0 Å². The van der Waals surface area contributed by atoms with Crippen molar-refractivity contribution in [1.29, 1.82) is 0 Å². The lowest BCUT2D eigenvalue weighted by Gasteiger charge is -2.21. The number of hydrogen-bond acceptors (Lipinski definition) is 4. The Morgan fingerprint density at radius 2 is 2.15 bits per heavy atom. The molecular weight excluding hydrogens is 254 g/mol. The molecule has 3 rings (SSSR count). The first-order chi connectivity index (χ1) is 9.63. The van der Waals surface area contributed by atoms with E-state index in [1.807, 2.05) is 11.8 Å². The van der Waals surface area contributed by atoms with Crippen LogP contribution in [-0.2, 0) is 11.3 Å². The number of amides is 1. The first-order valence-electron chi connectivity index (χ1n) is 7.29. The quantitative estimate of drug-likeness (QED) is 0.777. The molecule has 6 heteroatoms. The molecule has 0 spiro atoms. The molecule has 1 aliphatic carbocycles. The van der Waals surface area contributed by atoms with Crippen LogP contribution in [0.1, 0.15) is 32.0 Å². The number of carbonyl (C=O) groups excluding carboxylic acids is 1. The number of aromatic nitrogens is 4. The smallest absolute Gasteiger partial charge is 0.224 e. The Bertz CT molecular complexity index is 535. The van der Waals surface area contributed by atoms with Crippen LogP contribution >= 0.6 is 0 Å². The van der Waals surface area contributed by atoms with E-state index in [0.717, 1.165) is 31.8 Å². The Hall–Kier alpha value is -1.72. The summed E-state index contributed by atoms with van der Waals surface area (Å²) in [6.07, 6.45) is 5.10. The standard InChI is InChI=1S/C14H21N5O/c1-10-3-4-12-8-18(9-13(12)7-10)14(20)5-6-19-11(2)15-16-17-19/h3,12-13H,4-9H2,1-2H3/t12-,13+/m1/s1. The number of hydrogen-bond donors (Lipinski definition) is 0. The van der Waals surface area contributed by atoms with Gasteiger partial charge in [0.1, 0.15) is 5.82 Å². The zero-order valence-corrected chi connectivity index (χ0v) is 12.1. The van der Waals surface area contributed by atoms with Crippen molar-refractivity contribution >= 4 is 5.91 Å². The molecule has 0 saturated carbocycles. The zero-order chi connectivity index (χ0) is 14.1. The summed E-state index contributed by atoms with van der Waals surface area (Å²) in [5.41, 5.74) is 1.48. The maximum atomic E-state index is 12.3. The predicted octanol–water partition coefficient (Wildman–Crippen LogP) is 1.19. The maximum absolute atomic E-state index is 12.3. The van der Waals surface area contributed by atoms with Gasteiger partial charge in [-0.1, -0.05) is 11.6 Å². The van der Waals surface area contributed by atoms with Crippen molar-refractivity contribution in [3.63, 3.8) is 0 Å². The van der Waals surface area contributed by atoms with Gasteiger partial charge in [0, 0.05) is 19.5 Å². The summed E-state index contributed by atoms with van der Waals surface area (Å²) in [4.78, 5) is 14.3. The molecule has 1 aromatic rings. The second kappa shape index (κ2) is 5.34. The maximum Gasteiger partial charge on any atom is 0.224 e. The highest BCUT2D eigenvalue weighted by Gasteiger charge is 2.35. The minimum absolute atomic E-state index is 0.229. The van der Waals surface area contributed by atoms with Gasteiger partial charge < -0.3 is 4.90 Å². The Morgan fingerprint density at radius 3 is 2.90 bits per heavy atom. The summed E-state index contributed by atoms with van der Waals surface area (Å²) in [6, 6.07) is 0. The summed E-state index contributed by atoms with van der Waals surface area (Å²) in [7, 11) is 0. The van der Waals surface area contributed by atoms with E-state index in [1.54, 1.807) is 4.68 Å². The number of rotatable bonds is 3. The van der Waals surface area contributed by atoms with Gasteiger partial charge in [-0.2, -0.15) is 0 Å². The minimum atomic E-state index is 0.229. The molecule has 0 bridgehead atoms. The highest BCUT2D eigenvalue weighted by Crippen LogP contribution is 2.35. The lowest BCUT2D eigenvalue weighted by molar-refractivity contribution is -0.130. The average molecular weight is 275 g/mol. The molecule has 20 heavy (non-hydrogen) atoms. The number of allylic oxidation sites excluding steroid dienone is 2. The van der Waals surface area contributed by atoms with Crippen molar-refractivity contribution in [1.82, 2.24) is 25.1 Å². The van der Waals surface area contributed by atoms with Crippen molar-refractivity contribution in [3.05, 3.63) is 17.5 Å². The molecule has 1 amide bonds. The van der Waals surface area contributed by atoms with Gasteiger partial charge in [-0.05, 0) is 49.0 Å². The van der Waals surface area contributed by atoms with Crippen molar-refractivity contribution in [2.24, 2.45) is 11.8 Å². The van der Waals surface area contributed by atoms with Gasteiger partial charge >= 0.3 is 0 Å². The van der Waals surface area contributed by atoms with E-state index < -0.39 is 0 Å². The van der Waals surface area contributed by atoms with Crippen LogP contribution in [0.25, 0.3) is 0 Å². The molecule has 108 valence electrons. The highest BCUT2D eigenvalue weighted by molar-refractivity contribution is 5.76. The number of fused-ring (bicyclic) bond motifs is 1. The SMILES string of the molecule is CC1=CC[C@@H]2CN(C(=O)CCn3nnnc3C)C[C@@H]2C1. The molecule has 1 saturated heterocycles. The second-order valence-electron chi connectivity index (χ2n) is 6.01. The minimum Gasteiger partial charge on any atom is -0.342 e. The van der Waals surface area contributed by atoms with Crippen LogP contribution in [0, 0.1) is 18.8 Å². The number of nitrogens with zero attached hydrogens (tertiary/aromatic N) is 5. The van der Waals surface area contributed by atoms with E-state index in [9.17, 15) is 4.79 Å². The van der Waals surface area contributed by atoms with Crippen LogP contribution in [0.2, 0.25) is 0 Å². The van der Waals surface area contributed by atoms with Crippen molar-refractivity contribution < 1.29 is 4.79 Å². The normalized spacial score (nSPS) is 25.5. The second-order valence-corrected chi connectivity index (χ2v) is 6.01. The van der Waals surface area contributed by atoms with Crippen LogP contribution in [0.3, 0.4) is 0 Å². The van der Waals surface area contributed by atoms with Gasteiger partial charge in [0.25, 0.3) is 0 Å². The van der Waals surface area contributed by atoms with Crippen LogP contribution in [0.4, 0.5) is 0 Å². The highest BCUT2D eigenvalue weighted by atomic mass is 16.2. The monoisotopic (exact) mass is 275 g/mol. The van der Waals surface area contributed by atoms with Gasteiger partial charge in [0.05, 0.1) is 6.54 Å². The third-order valence-electron chi connectivity index (χ3n) is 4.53. The number of aryl methyl sites for hydroxylation is 2. The Labute approximate surface area is 118 Å². The van der Waals surface area contributed by atoms with Gasteiger partial charge in [-0.15, -0.1) is 5.10 Å². The molecule has 6 nitrogen and oxygen atoms in total. The number of likely N-dealkylation sites (tertiary alicyclic amines) is 1. The molecule has 1 aliphatic heterocycles. The first-order valence-corrected chi connectivity index (χ1v) is 7.29. The average Bonchev–Trinajstić information content (AvgIpc) is 3.01. The Balaban J connectivity index is 1.53. The molecule has 0 aromatic carbocycles. The Morgan fingerprint density at radius 1 is 1.35 bits per heavy atom. The summed E-state index contributed by atoms with van der Waals surface area (Å²) in [5.74, 6) is 2.32. The lowest BCUT2D eigenvalue weighted by atomic mass is 9.83. The first kappa shape index (κ1) is 13.3. The Kier molecular flexibility index (Phi) is 3.54. The van der Waals surface area contributed by atoms with Crippen molar-refractivity contribution in [2.75, 3.05) is 13.1 Å². The number of tetrazole rings is 1. The van der Waals surface area contributed by atoms with Gasteiger partial charge in [0.2, 0.25) is 5.91 Å². The zero-order valence-electron chi connectivity index (χ0n) is 12.1. The van der Waals surface area contributed by atoms with E-state index in [2.05, 4.69) is 28.5 Å². The van der Waals surface area contributed by atoms with E-state index in [4.69, 9.17) is 0 Å². The molecule has 2 heterocycles. The summed E-state index contributed by atoms with van der Waals surface area (Å²) < 4.78 is 1.69. The van der Waals surface area contributed by atoms with E-state index in [-0.39, 0.29) is 5.91 Å². The van der Waals surface area contributed by atoms with Crippen molar-refractivity contribution in [2.45, 2.75) is 39.7 Å². The van der Waals surface area contributed by atoms with Crippen LogP contribution in [0.15, 0.2) is 11.6 Å². The molecule has 1 fully saturated rings. The third kappa shape index (κ3) is 2.59. The third-order valence-corrected chi connectivity index (χ3v) is 4.53. The molecule has 1 aromatic heterocycles. The van der Waals surface area contributed by atoms with E-state index in [0.29, 0.717) is 24.8 Å². The molecule has 2 atom stereocenters. The molecular formula is C14H21N5O. The van der Waals surface area contributed by atoms with Gasteiger partial charge in [-0.25, -0.2) is 4.68 Å². The fourth-order valence-electron chi connectivity index (χ4n) is 3.31. The van der Waals surface area contributed by atoms with Crippen LogP contribution < -0.4 is 0 Å². The topological polar surface area (TPSA) is 63.9 Å². The van der Waals surface area contributed by atoms with Crippen molar-refractivity contribution in [3.8, 4) is 0 Å². The largest absolute Gasteiger partial charge is 0.342 e. The molecule has 0 N–H and O–H groups in total.